The molecule has 1 N–H and O–H groups in total. The molecule has 0 amide bonds. The van der Waals surface area contributed by atoms with Gasteiger partial charge in [0.25, 0.3) is 0 Å². The molecule has 0 bridgehead atoms. The van der Waals surface area contributed by atoms with Gasteiger partial charge in [-0.3, -0.25) is 0 Å². The predicted molar refractivity (Wildman–Crippen MR) is 87.5 cm³/mol. The van der Waals surface area contributed by atoms with Crippen LogP contribution in [0.25, 0.3) is 0 Å². The molecule has 0 fully saturated rings. The Bertz CT molecular complexity index is 663. The minimum atomic E-state index is -0.00849. The van der Waals surface area contributed by atoms with Crippen LogP contribution in [0.3, 0.4) is 0 Å². The van der Waals surface area contributed by atoms with Gasteiger partial charge in [0.15, 0.2) is 11.5 Å². The number of fused-ring (bicyclic) bond motifs is 1. The molecule has 1 unspecified atom stereocenters. The van der Waals surface area contributed by atoms with Gasteiger partial charge < -0.3 is 14.8 Å². The molecule has 5 heteroatoms. The van der Waals surface area contributed by atoms with Gasteiger partial charge in [-0.25, -0.2) is 0 Å². The number of ether oxygens (including phenoxy) is 2. The molecule has 2 aromatic carbocycles. The van der Waals surface area contributed by atoms with Gasteiger partial charge in [-0.2, -0.15) is 0 Å². The molecule has 3 nitrogen and oxygen atoms in total. The van der Waals surface area contributed by atoms with Crippen LogP contribution in [0, 0.1) is 0 Å². The van der Waals surface area contributed by atoms with Crippen LogP contribution >= 0.6 is 27.5 Å². The second-order valence-corrected chi connectivity index (χ2v) is 6.12. The van der Waals surface area contributed by atoms with E-state index in [4.69, 9.17) is 21.1 Å². The van der Waals surface area contributed by atoms with E-state index < -0.39 is 0 Å². The second kappa shape index (κ2) is 6.26. The normalized spacial score (nSPS) is 14.8. The van der Waals surface area contributed by atoms with E-state index in [1.165, 1.54) is 0 Å². The summed E-state index contributed by atoms with van der Waals surface area (Å²) in [6, 6.07) is 11.9. The van der Waals surface area contributed by atoms with Crippen LogP contribution in [0.1, 0.15) is 17.2 Å². The maximum Gasteiger partial charge on any atom is 0.162 e. The molecule has 1 aliphatic heterocycles. The van der Waals surface area contributed by atoms with Gasteiger partial charge in [-0.15, -0.1) is 0 Å². The summed E-state index contributed by atoms with van der Waals surface area (Å²) in [5.41, 5.74) is 2.10. The standard InChI is InChI=1S/C16H15BrClNO2/c1-19-16(10-3-2-4-11(17)7-10)12-8-14-15(9-13(12)18)21-6-5-20-14/h2-4,7-9,16,19H,5-6H2,1H3. The molecule has 110 valence electrons. The van der Waals surface area contributed by atoms with E-state index in [-0.39, 0.29) is 6.04 Å². The van der Waals surface area contributed by atoms with E-state index in [0.29, 0.717) is 24.0 Å². The van der Waals surface area contributed by atoms with Crippen LogP contribution in [-0.4, -0.2) is 20.3 Å². The highest BCUT2D eigenvalue weighted by atomic mass is 79.9. The lowest BCUT2D eigenvalue weighted by molar-refractivity contribution is 0.171. The van der Waals surface area contributed by atoms with Crippen molar-refractivity contribution in [3.8, 4) is 11.5 Å². The maximum absolute atomic E-state index is 6.44. The average Bonchev–Trinajstić information content (AvgIpc) is 2.48. The third-order valence-electron chi connectivity index (χ3n) is 3.44. The zero-order valence-electron chi connectivity index (χ0n) is 11.5. The Balaban J connectivity index is 2.04. The Kier molecular flexibility index (Phi) is 4.38. The minimum Gasteiger partial charge on any atom is -0.486 e. The molecule has 0 saturated heterocycles. The van der Waals surface area contributed by atoms with Crippen molar-refractivity contribution in [3.63, 3.8) is 0 Å². The summed E-state index contributed by atoms with van der Waals surface area (Å²) in [6.07, 6.45) is 0. The summed E-state index contributed by atoms with van der Waals surface area (Å²) in [7, 11) is 1.92. The molecular formula is C16H15BrClNO2. The van der Waals surface area contributed by atoms with Gasteiger partial charge in [-0.05, 0) is 36.4 Å². The van der Waals surface area contributed by atoms with Gasteiger partial charge in [0, 0.05) is 15.6 Å². The first-order valence-corrected chi connectivity index (χ1v) is 7.88. The molecule has 1 heterocycles. The van der Waals surface area contributed by atoms with E-state index in [9.17, 15) is 0 Å². The van der Waals surface area contributed by atoms with Gasteiger partial charge >= 0.3 is 0 Å². The van der Waals surface area contributed by atoms with Gasteiger partial charge in [-0.1, -0.05) is 39.7 Å². The molecule has 1 atom stereocenters. The number of benzene rings is 2. The second-order valence-electron chi connectivity index (χ2n) is 4.79. The monoisotopic (exact) mass is 367 g/mol. The van der Waals surface area contributed by atoms with Gasteiger partial charge in [0.1, 0.15) is 13.2 Å². The fourth-order valence-corrected chi connectivity index (χ4v) is 3.17. The van der Waals surface area contributed by atoms with Crippen molar-refractivity contribution in [1.29, 1.82) is 0 Å². The first-order valence-electron chi connectivity index (χ1n) is 6.71. The Morgan fingerprint density at radius 3 is 2.52 bits per heavy atom. The average molecular weight is 369 g/mol. The summed E-state index contributed by atoms with van der Waals surface area (Å²) in [4.78, 5) is 0. The first-order chi connectivity index (χ1) is 10.2. The summed E-state index contributed by atoms with van der Waals surface area (Å²) in [6.45, 7) is 1.12. The molecule has 0 aromatic heterocycles. The Morgan fingerprint density at radius 2 is 1.86 bits per heavy atom. The maximum atomic E-state index is 6.44. The molecule has 3 rings (SSSR count). The number of hydrogen-bond donors (Lipinski definition) is 1. The summed E-state index contributed by atoms with van der Waals surface area (Å²) < 4.78 is 12.2. The smallest absolute Gasteiger partial charge is 0.162 e. The molecule has 21 heavy (non-hydrogen) atoms. The van der Waals surface area contributed by atoms with Gasteiger partial charge in [0.2, 0.25) is 0 Å². The Hall–Kier alpha value is -1.23. The van der Waals surface area contributed by atoms with Crippen molar-refractivity contribution in [2.24, 2.45) is 0 Å². The van der Waals surface area contributed by atoms with E-state index >= 15 is 0 Å². The summed E-state index contributed by atoms with van der Waals surface area (Å²) in [5, 5.41) is 3.97. The van der Waals surface area contributed by atoms with Crippen molar-refractivity contribution in [1.82, 2.24) is 5.32 Å². The van der Waals surface area contributed by atoms with Crippen LogP contribution in [0.2, 0.25) is 5.02 Å². The molecule has 2 aromatic rings. The lowest BCUT2D eigenvalue weighted by atomic mass is 9.98. The lowest BCUT2D eigenvalue weighted by Gasteiger charge is -2.23. The SMILES string of the molecule is CNC(c1cccc(Br)c1)c1cc2c(cc1Cl)OCCO2. The molecule has 0 saturated carbocycles. The number of halogens is 2. The van der Waals surface area contributed by atoms with Crippen molar-refractivity contribution >= 4 is 27.5 Å². The number of hydrogen-bond acceptors (Lipinski definition) is 3. The summed E-state index contributed by atoms with van der Waals surface area (Å²) >= 11 is 9.94. The molecule has 1 aliphatic rings. The molecular weight excluding hydrogens is 354 g/mol. The van der Waals surface area contributed by atoms with Crippen LogP contribution in [0.4, 0.5) is 0 Å². The van der Waals surface area contributed by atoms with Crippen LogP contribution in [0.5, 0.6) is 11.5 Å². The van der Waals surface area contributed by atoms with Crippen molar-refractivity contribution < 1.29 is 9.47 Å². The number of rotatable bonds is 3. The van der Waals surface area contributed by atoms with Crippen molar-refractivity contribution in [2.75, 3.05) is 20.3 Å². The Labute approximate surface area is 137 Å². The molecule has 0 spiro atoms. The third-order valence-corrected chi connectivity index (χ3v) is 4.26. The molecule has 0 aliphatic carbocycles. The van der Waals surface area contributed by atoms with E-state index in [2.05, 4.69) is 33.4 Å². The van der Waals surface area contributed by atoms with Crippen LogP contribution in [-0.2, 0) is 0 Å². The first kappa shape index (κ1) is 14.7. The third kappa shape index (κ3) is 3.03. The minimum absolute atomic E-state index is 0.00849. The van der Waals surface area contributed by atoms with Gasteiger partial charge in [0.05, 0.1) is 6.04 Å². The zero-order chi connectivity index (χ0) is 14.8. The van der Waals surface area contributed by atoms with E-state index in [0.717, 1.165) is 21.3 Å². The predicted octanol–water partition coefficient (Wildman–Crippen LogP) is 4.18. The van der Waals surface area contributed by atoms with E-state index in [1.54, 1.807) is 0 Å². The van der Waals surface area contributed by atoms with E-state index in [1.807, 2.05) is 31.3 Å². The summed E-state index contributed by atoms with van der Waals surface area (Å²) in [5.74, 6) is 1.45. The highest BCUT2D eigenvalue weighted by Gasteiger charge is 2.21. The highest BCUT2D eigenvalue weighted by molar-refractivity contribution is 9.10. The fraction of sp³-hybridized carbons (Fsp3) is 0.250. The van der Waals surface area contributed by atoms with Crippen LogP contribution < -0.4 is 14.8 Å². The van der Waals surface area contributed by atoms with Crippen LogP contribution in [0.15, 0.2) is 40.9 Å². The lowest BCUT2D eigenvalue weighted by Crippen LogP contribution is -2.20. The topological polar surface area (TPSA) is 30.5 Å². The van der Waals surface area contributed by atoms with Crippen molar-refractivity contribution in [3.05, 3.63) is 57.0 Å². The van der Waals surface area contributed by atoms with Crippen molar-refractivity contribution in [2.45, 2.75) is 6.04 Å². The quantitative estimate of drug-likeness (QED) is 0.881. The largest absolute Gasteiger partial charge is 0.486 e. The highest BCUT2D eigenvalue weighted by Crippen LogP contribution is 2.39. The zero-order valence-corrected chi connectivity index (χ0v) is 13.9. The fourth-order valence-electron chi connectivity index (χ4n) is 2.49. The molecule has 0 radical (unpaired) electrons. The Morgan fingerprint density at radius 1 is 1.14 bits per heavy atom. The number of nitrogens with one attached hydrogen (secondary N) is 1.